The van der Waals surface area contributed by atoms with Gasteiger partial charge in [0, 0.05) is 28.3 Å². The number of amides is 1. The molecule has 0 saturated carbocycles. The summed E-state index contributed by atoms with van der Waals surface area (Å²) in [7, 11) is 0. The highest BCUT2D eigenvalue weighted by molar-refractivity contribution is 7.21. The molecule has 0 unspecified atom stereocenters. The van der Waals surface area contributed by atoms with Crippen LogP contribution in [0, 0.1) is 10.1 Å². The van der Waals surface area contributed by atoms with E-state index in [1.54, 1.807) is 30.5 Å². The Labute approximate surface area is 133 Å². The molecule has 0 radical (unpaired) electrons. The molecule has 0 aliphatic heterocycles. The molecule has 3 aromatic rings. The zero-order chi connectivity index (χ0) is 15.7. The van der Waals surface area contributed by atoms with Crippen molar-refractivity contribution in [2.45, 2.75) is 0 Å². The highest BCUT2D eigenvalue weighted by Gasteiger charge is 2.22. The number of hydrogen-bond donors (Lipinski definition) is 1. The minimum atomic E-state index is -0.480. The predicted octanol–water partition coefficient (Wildman–Crippen LogP) is 3.53. The summed E-state index contributed by atoms with van der Waals surface area (Å²) in [5.41, 5.74) is -0.0335. The second-order valence-electron chi connectivity index (χ2n) is 4.41. The SMILES string of the molecule is O=C(Nc1cccc[nH+]1)c1sc2cc([N+](=O)[O-])ccc2c1Cl. The monoisotopic (exact) mass is 334 g/mol. The van der Waals surface area contributed by atoms with Crippen LogP contribution in [0.3, 0.4) is 0 Å². The van der Waals surface area contributed by atoms with Crippen molar-refractivity contribution in [3.8, 4) is 0 Å². The lowest BCUT2D eigenvalue weighted by Crippen LogP contribution is -2.18. The van der Waals surface area contributed by atoms with Crippen molar-refractivity contribution in [2.75, 3.05) is 5.32 Å². The maximum atomic E-state index is 12.3. The van der Waals surface area contributed by atoms with E-state index in [0.29, 0.717) is 25.8 Å². The van der Waals surface area contributed by atoms with Gasteiger partial charge in [-0.1, -0.05) is 17.7 Å². The molecule has 0 fully saturated rings. The van der Waals surface area contributed by atoms with E-state index in [1.165, 1.54) is 12.1 Å². The lowest BCUT2D eigenvalue weighted by molar-refractivity contribution is -0.384. The predicted molar refractivity (Wildman–Crippen MR) is 84.4 cm³/mol. The summed E-state index contributed by atoms with van der Waals surface area (Å²) in [6.07, 6.45) is 1.69. The van der Waals surface area contributed by atoms with E-state index in [2.05, 4.69) is 10.3 Å². The number of pyridine rings is 1. The van der Waals surface area contributed by atoms with E-state index in [1.807, 2.05) is 0 Å². The second kappa shape index (κ2) is 5.70. The van der Waals surface area contributed by atoms with E-state index < -0.39 is 4.92 Å². The smallest absolute Gasteiger partial charge is 0.258 e. The number of nitrogens with one attached hydrogen (secondary N) is 2. The normalized spacial score (nSPS) is 10.6. The molecule has 2 N–H and O–H groups in total. The first-order valence-corrected chi connectivity index (χ1v) is 7.40. The molecule has 0 bridgehead atoms. The first kappa shape index (κ1) is 14.4. The summed E-state index contributed by atoms with van der Waals surface area (Å²) < 4.78 is 0.599. The first-order valence-electron chi connectivity index (χ1n) is 6.21. The number of thiophene rings is 1. The Morgan fingerprint density at radius 1 is 1.32 bits per heavy atom. The fraction of sp³-hybridized carbons (Fsp3) is 0. The number of nitro groups is 1. The second-order valence-corrected chi connectivity index (χ2v) is 5.84. The Kier molecular flexibility index (Phi) is 3.74. The van der Waals surface area contributed by atoms with E-state index in [9.17, 15) is 14.9 Å². The third-order valence-electron chi connectivity index (χ3n) is 2.99. The number of aromatic amines is 1. The van der Waals surface area contributed by atoms with Gasteiger partial charge in [0.1, 0.15) is 4.88 Å². The summed E-state index contributed by atoms with van der Waals surface area (Å²) in [5.74, 6) is 0.170. The zero-order valence-electron chi connectivity index (χ0n) is 11.0. The van der Waals surface area contributed by atoms with E-state index >= 15 is 0 Å². The molecule has 2 aromatic heterocycles. The zero-order valence-corrected chi connectivity index (χ0v) is 12.6. The van der Waals surface area contributed by atoms with Crippen LogP contribution in [0.25, 0.3) is 10.1 Å². The average Bonchev–Trinajstić information content (AvgIpc) is 2.85. The molecular weight excluding hydrogens is 326 g/mol. The standard InChI is InChI=1S/C14H8ClN3O3S/c15-12-9-5-4-8(18(20)21)7-10(9)22-13(12)14(19)17-11-3-1-2-6-16-11/h1-7H,(H,16,17,19)/p+1. The summed E-state index contributed by atoms with van der Waals surface area (Å²) in [6.45, 7) is 0. The minimum Gasteiger partial charge on any atom is -0.258 e. The quantitative estimate of drug-likeness (QED) is 0.587. The van der Waals surface area contributed by atoms with Crippen LogP contribution in [0.15, 0.2) is 42.6 Å². The number of aromatic nitrogens is 1. The number of anilines is 1. The Balaban J connectivity index is 1.98. The number of nitrogens with zero attached hydrogens (tertiary/aromatic N) is 1. The van der Waals surface area contributed by atoms with Gasteiger partial charge in [-0.15, -0.1) is 11.3 Å². The van der Waals surface area contributed by atoms with Crippen LogP contribution < -0.4 is 10.3 Å². The molecule has 0 atom stereocenters. The summed E-state index contributed by atoms with van der Waals surface area (Å²) in [6, 6.07) is 9.62. The van der Waals surface area contributed by atoms with Gasteiger partial charge in [-0.3, -0.25) is 10.1 Å². The van der Waals surface area contributed by atoms with Crippen LogP contribution in [-0.2, 0) is 0 Å². The van der Waals surface area contributed by atoms with Gasteiger partial charge in [0.05, 0.1) is 16.1 Å². The fourth-order valence-electron chi connectivity index (χ4n) is 1.96. The van der Waals surface area contributed by atoms with Crippen molar-refractivity contribution in [1.29, 1.82) is 0 Å². The number of rotatable bonds is 3. The highest BCUT2D eigenvalue weighted by atomic mass is 35.5. The van der Waals surface area contributed by atoms with Crippen molar-refractivity contribution >= 4 is 50.4 Å². The van der Waals surface area contributed by atoms with Gasteiger partial charge in [-0.25, -0.2) is 15.1 Å². The molecule has 0 spiro atoms. The molecule has 110 valence electrons. The summed E-state index contributed by atoms with van der Waals surface area (Å²) >= 11 is 7.34. The van der Waals surface area contributed by atoms with Crippen LogP contribution in [-0.4, -0.2) is 10.8 Å². The summed E-state index contributed by atoms with van der Waals surface area (Å²) in [5, 5.41) is 14.4. The van der Waals surface area contributed by atoms with Crippen molar-refractivity contribution < 1.29 is 14.7 Å². The van der Waals surface area contributed by atoms with Gasteiger partial charge in [0.2, 0.25) is 0 Å². The molecular formula is C14H9ClN3O3S+. The lowest BCUT2D eigenvalue weighted by atomic mass is 10.2. The van der Waals surface area contributed by atoms with E-state index in [0.717, 1.165) is 11.3 Å². The Hall–Kier alpha value is -2.51. The van der Waals surface area contributed by atoms with Crippen LogP contribution in [0.4, 0.5) is 11.5 Å². The number of carbonyl (C=O) groups is 1. The third kappa shape index (κ3) is 2.63. The summed E-state index contributed by atoms with van der Waals surface area (Å²) in [4.78, 5) is 25.8. The topological polar surface area (TPSA) is 86.4 Å². The van der Waals surface area contributed by atoms with Crippen LogP contribution in [0.2, 0.25) is 5.02 Å². The Bertz CT molecular complexity index is 880. The van der Waals surface area contributed by atoms with Gasteiger partial charge in [0.25, 0.3) is 11.5 Å². The molecule has 1 aromatic carbocycles. The number of carbonyl (C=O) groups excluding carboxylic acids is 1. The van der Waals surface area contributed by atoms with Gasteiger partial charge in [0.15, 0.2) is 0 Å². The van der Waals surface area contributed by atoms with Crippen LogP contribution >= 0.6 is 22.9 Å². The maximum Gasteiger partial charge on any atom is 0.350 e. The van der Waals surface area contributed by atoms with E-state index in [4.69, 9.17) is 11.6 Å². The fourth-order valence-corrected chi connectivity index (χ4v) is 3.41. The highest BCUT2D eigenvalue weighted by Crippen LogP contribution is 2.37. The van der Waals surface area contributed by atoms with Crippen molar-refractivity contribution in [1.82, 2.24) is 0 Å². The number of H-pyrrole nitrogens is 1. The van der Waals surface area contributed by atoms with Gasteiger partial charge >= 0.3 is 5.91 Å². The molecule has 0 saturated heterocycles. The molecule has 2 heterocycles. The number of non-ortho nitro benzene ring substituents is 1. The van der Waals surface area contributed by atoms with Crippen molar-refractivity contribution in [2.24, 2.45) is 0 Å². The van der Waals surface area contributed by atoms with E-state index in [-0.39, 0.29) is 11.6 Å². The third-order valence-corrected chi connectivity index (χ3v) is 4.64. The average molecular weight is 335 g/mol. The first-order chi connectivity index (χ1) is 10.6. The number of halogens is 1. The maximum absolute atomic E-state index is 12.3. The van der Waals surface area contributed by atoms with Crippen LogP contribution in [0.1, 0.15) is 9.67 Å². The Morgan fingerprint density at radius 3 is 2.82 bits per heavy atom. The molecule has 1 amide bonds. The van der Waals surface area contributed by atoms with Crippen molar-refractivity contribution in [3.63, 3.8) is 0 Å². The van der Waals surface area contributed by atoms with Crippen molar-refractivity contribution in [3.05, 3.63) is 62.6 Å². The molecule has 8 heteroatoms. The van der Waals surface area contributed by atoms with Gasteiger partial charge in [-0.05, 0) is 12.1 Å². The number of fused-ring (bicyclic) bond motifs is 1. The molecule has 0 aliphatic rings. The molecule has 6 nitrogen and oxygen atoms in total. The lowest BCUT2D eigenvalue weighted by Gasteiger charge is -1.95. The minimum absolute atomic E-state index is 0.0335. The molecule has 3 rings (SSSR count). The number of nitro benzene ring substituents is 1. The van der Waals surface area contributed by atoms with Gasteiger partial charge < -0.3 is 0 Å². The molecule has 22 heavy (non-hydrogen) atoms. The van der Waals surface area contributed by atoms with Gasteiger partial charge in [-0.2, -0.15) is 0 Å². The van der Waals surface area contributed by atoms with Crippen LogP contribution in [0.5, 0.6) is 0 Å². The largest absolute Gasteiger partial charge is 0.350 e. The number of benzene rings is 1. The number of hydrogen-bond acceptors (Lipinski definition) is 4. The molecule has 0 aliphatic carbocycles. The Morgan fingerprint density at radius 2 is 2.14 bits per heavy atom.